The molecule has 0 saturated heterocycles. The maximum atomic E-state index is 13.1. The van der Waals surface area contributed by atoms with E-state index in [1.54, 1.807) is 15.7 Å². The Balaban J connectivity index is 2.15. The molecule has 0 atom stereocenters. The predicted molar refractivity (Wildman–Crippen MR) is 96.0 cm³/mol. The monoisotopic (exact) mass is 357 g/mol. The Kier molecular flexibility index (Phi) is 6.86. The Morgan fingerprint density at radius 3 is 2.29 bits per heavy atom. The molecule has 0 spiro atoms. The lowest BCUT2D eigenvalue weighted by atomic mass is 9.96. The molecule has 24 heavy (non-hydrogen) atoms. The quantitative estimate of drug-likeness (QED) is 0.717. The molecule has 138 valence electrons. The molecule has 6 nitrogen and oxygen atoms in total. The van der Waals surface area contributed by atoms with Crippen LogP contribution in [-0.4, -0.2) is 62.2 Å². The summed E-state index contributed by atoms with van der Waals surface area (Å²) in [7, 11) is 2.12. The second-order valence-electron chi connectivity index (χ2n) is 6.97. The van der Waals surface area contributed by atoms with Gasteiger partial charge in [-0.05, 0) is 46.0 Å². The zero-order chi connectivity index (χ0) is 17.7. The smallest absolute Gasteiger partial charge is 0.282 e. The largest absolute Gasteiger partial charge is 0.465 e. The first-order chi connectivity index (χ1) is 11.3. The maximum Gasteiger partial charge on any atom is 0.282 e. The summed E-state index contributed by atoms with van der Waals surface area (Å²) in [5, 5.41) is 0. The Morgan fingerprint density at radius 1 is 1.08 bits per heavy atom. The summed E-state index contributed by atoms with van der Waals surface area (Å²) in [6, 6.07) is 3.84. The van der Waals surface area contributed by atoms with Gasteiger partial charge in [-0.1, -0.05) is 19.3 Å². The minimum absolute atomic E-state index is 0.115. The van der Waals surface area contributed by atoms with Gasteiger partial charge >= 0.3 is 0 Å². The molecule has 1 aromatic heterocycles. The summed E-state index contributed by atoms with van der Waals surface area (Å²) >= 11 is 0. The summed E-state index contributed by atoms with van der Waals surface area (Å²) in [6.07, 6.45) is 5.34. The van der Waals surface area contributed by atoms with Gasteiger partial charge in [0.25, 0.3) is 10.2 Å². The van der Waals surface area contributed by atoms with Crippen LogP contribution in [0.1, 0.15) is 43.6 Å². The summed E-state index contributed by atoms with van der Waals surface area (Å²) in [4.78, 5) is 2.00. The Morgan fingerprint density at radius 2 is 1.75 bits per heavy atom. The van der Waals surface area contributed by atoms with Crippen molar-refractivity contribution in [2.75, 3.05) is 34.2 Å². The normalized spacial score (nSPS) is 17.3. The van der Waals surface area contributed by atoms with E-state index in [0.717, 1.165) is 31.4 Å². The first-order valence-electron chi connectivity index (χ1n) is 8.74. The standard InChI is InChI=1S/C17H31N3O3S/c1-15-10-11-17(23-15)14-20(13-12-18(2)3)24(21,22)19(4)16-8-6-5-7-9-16/h10-11,16H,5-9,12-14H2,1-4H3. The minimum atomic E-state index is -3.51. The lowest BCUT2D eigenvalue weighted by Gasteiger charge is -2.34. The SMILES string of the molecule is Cc1ccc(CN(CCN(C)C)S(=O)(=O)N(C)C2CCCCC2)o1. The van der Waals surface area contributed by atoms with Crippen LogP contribution >= 0.6 is 0 Å². The van der Waals surface area contributed by atoms with Gasteiger partial charge in [0.1, 0.15) is 11.5 Å². The number of nitrogens with zero attached hydrogens (tertiary/aromatic N) is 3. The van der Waals surface area contributed by atoms with E-state index in [-0.39, 0.29) is 12.6 Å². The second kappa shape index (κ2) is 8.47. The topological polar surface area (TPSA) is 57.0 Å². The van der Waals surface area contributed by atoms with Crippen LogP contribution in [-0.2, 0) is 16.8 Å². The van der Waals surface area contributed by atoms with Crippen LogP contribution in [0.4, 0.5) is 0 Å². The van der Waals surface area contributed by atoms with Gasteiger partial charge in [-0.15, -0.1) is 0 Å². The van der Waals surface area contributed by atoms with Crippen molar-refractivity contribution >= 4 is 10.2 Å². The van der Waals surface area contributed by atoms with Crippen LogP contribution in [0.15, 0.2) is 16.5 Å². The minimum Gasteiger partial charge on any atom is -0.465 e. The summed E-state index contributed by atoms with van der Waals surface area (Å²) in [5.41, 5.74) is 0. The number of likely N-dealkylation sites (N-methyl/N-ethyl adjacent to an activating group) is 1. The molecular formula is C17H31N3O3S. The van der Waals surface area contributed by atoms with E-state index in [4.69, 9.17) is 4.42 Å². The average Bonchev–Trinajstić information content (AvgIpc) is 2.96. The summed E-state index contributed by atoms with van der Waals surface area (Å²) < 4.78 is 35.0. The molecule has 1 aliphatic carbocycles. The molecule has 0 radical (unpaired) electrons. The fraction of sp³-hybridized carbons (Fsp3) is 0.765. The van der Waals surface area contributed by atoms with Crippen molar-refractivity contribution in [3.63, 3.8) is 0 Å². The summed E-state index contributed by atoms with van der Waals surface area (Å²) in [5.74, 6) is 1.49. The fourth-order valence-electron chi connectivity index (χ4n) is 3.15. The highest BCUT2D eigenvalue weighted by Crippen LogP contribution is 2.25. The lowest BCUT2D eigenvalue weighted by Crippen LogP contribution is -2.48. The van der Waals surface area contributed by atoms with E-state index in [2.05, 4.69) is 0 Å². The van der Waals surface area contributed by atoms with Crippen LogP contribution < -0.4 is 0 Å². The average molecular weight is 358 g/mol. The van der Waals surface area contributed by atoms with Crippen LogP contribution in [0.25, 0.3) is 0 Å². The fourth-order valence-corrected chi connectivity index (χ4v) is 4.70. The molecule has 0 aromatic carbocycles. The molecule has 0 amide bonds. The number of rotatable bonds is 8. The molecule has 1 aliphatic rings. The zero-order valence-corrected chi connectivity index (χ0v) is 16.2. The Labute approximate surface area is 146 Å². The van der Waals surface area contributed by atoms with Crippen molar-refractivity contribution in [3.8, 4) is 0 Å². The van der Waals surface area contributed by atoms with Crippen molar-refractivity contribution in [2.45, 2.75) is 51.6 Å². The Bertz CT molecular complexity index is 606. The number of hydrogen-bond donors (Lipinski definition) is 0. The third-order valence-electron chi connectivity index (χ3n) is 4.70. The number of furan rings is 1. The van der Waals surface area contributed by atoms with E-state index in [0.29, 0.717) is 18.8 Å². The van der Waals surface area contributed by atoms with E-state index in [1.165, 1.54) is 6.42 Å². The third kappa shape index (κ3) is 5.05. The number of aryl methyl sites for hydroxylation is 1. The molecule has 1 saturated carbocycles. The van der Waals surface area contributed by atoms with Crippen LogP contribution in [0.3, 0.4) is 0 Å². The van der Waals surface area contributed by atoms with Gasteiger partial charge in [-0.2, -0.15) is 17.0 Å². The molecule has 1 heterocycles. The summed E-state index contributed by atoms with van der Waals surface area (Å²) in [6.45, 7) is 3.28. The predicted octanol–water partition coefficient (Wildman–Crippen LogP) is 2.46. The zero-order valence-electron chi connectivity index (χ0n) is 15.4. The van der Waals surface area contributed by atoms with Gasteiger partial charge in [-0.25, -0.2) is 0 Å². The van der Waals surface area contributed by atoms with E-state index < -0.39 is 10.2 Å². The van der Waals surface area contributed by atoms with Crippen molar-refractivity contribution in [3.05, 3.63) is 23.7 Å². The van der Waals surface area contributed by atoms with Crippen molar-refractivity contribution in [1.29, 1.82) is 0 Å². The molecule has 0 aliphatic heterocycles. The van der Waals surface area contributed by atoms with Gasteiger partial charge in [0.05, 0.1) is 6.54 Å². The van der Waals surface area contributed by atoms with Crippen molar-refractivity contribution in [1.82, 2.24) is 13.5 Å². The third-order valence-corrected chi connectivity index (χ3v) is 6.69. The van der Waals surface area contributed by atoms with Gasteiger partial charge in [0.2, 0.25) is 0 Å². The lowest BCUT2D eigenvalue weighted by molar-refractivity contribution is 0.247. The highest BCUT2D eigenvalue weighted by molar-refractivity contribution is 7.86. The van der Waals surface area contributed by atoms with E-state index in [9.17, 15) is 8.42 Å². The maximum absolute atomic E-state index is 13.1. The molecular weight excluding hydrogens is 326 g/mol. The molecule has 2 rings (SSSR count). The molecule has 1 aromatic rings. The van der Waals surface area contributed by atoms with Crippen molar-refractivity contribution in [2.24, 2.45) is 0 Å². The van der Waals surface area contributed by atoms with Crippen LogP contribution in [0.2, 0.25) is 0 Å². The molecule has 1 fully saturated rings. The Hall–Kier alpha value is -0.890. The van der Waals surface area contributed by atoms with E-state index in [1.807, 2.05) is 38.1 Å². The van der Waals surface area contributed by atoms with Crippen LogP contribution in [0, 0.1) is 6.92 Å². The van der Waals surface area contributed by atoms with Crippen LogP contribution in [0.5, 0.6) is 0 Å². The molecule has 7 heteroatoms. The second-order valence-corrected chi connectivity index (χ2v) is 8.95. The van der Waals surface area contributed by atoms with Gasteiger partial charge < -0.3 is 9.32 Å². The van der Waals surface area contributed by atoms with Gasteiger partial charge in [0.15, 0.2) is 0 Å². The first kappa shape index (κ1) is 19.4. The molecule has 0 N–H and O–H groups in total. The van der Waals surface area contributed by atoms with Gasteiger partial charge in [-0.3, -0.25) is 0 Å². The number of hydrogen-bond acceptors (Lipinski definition) is 4. The first-order valence-corrected chi connectivity index (χ1v) is 10.1. The van der Waals surface area contributed by atoms with E-state index >= 15 is 0 Å². The van der Waals surface area contributed by atoms with Gasteiger partial charge in [0, 0.05) is 26.2 Å². The molecule has 0 bridgehead atoms. The highest BCUT2D eigenvalue weighted by atomic mass is 32.2. The highest BCUT2D eigenvalue weighted by Gasteiger charge is 2.33. The van der Waals surface area contributed by atoms with Crippen molar-refractivity contribution < 1.29 is 12.8 Å². The molecule has 0 unspecified atom stereocenters.